The van der Waals surface area contributed by atoms with Crippen LogP contribution < -0.4 is 16.4 Å². The van der Waals surface area contributed by atoms with Gasteiger partial charge >= 0.3 is 0 Å². The molecule has 1 saturated carbocycles. The topological polar surface area (TPSA) is 139 Å². The molecule has 1 aliphatic heterocycles. The summed E-state index contributed by atoms with van der Waals surface area (Å²) in [6.45, 7) is 0.416. The van der Waals surface area contributed by atoms with Gasteiger partial charge in [0.15, 0.2) is 5.82 Å². The van der Waals surface area contributed by atoms with E-state index in [1.165, 1.54) is 6.20 Å². The zero-order valence-corrected chi connectivity index (χ0v) is 14.6. The molecule has 2 amide bonds. The molecular weight excluding hydrogens is 346 g/mol. The highest BCUT2D eigenvalue weighted by atomic mass is 16.2. The number of pyridine rings is 1. The Labute approximate surface area is 155 Å². The lowest BCUT2D eigenvalue weighted by atomic mass is 9.85. The third-order valence-electron chi connectivity index (χ3n) is 5.12. The molecule has 0 aromatic carbocycles. The molecule has 1 fully saturated rings. The number of aromatic nitrogens is 3. The fraction of sp³-hybridized carbons (Fsp3) is 0.389. The summed E-state index contributed by atoms with van der Waals surface area (Å²) in [5.74, 6) is -0.604. The van der Waals surface area contributed by atoms with Crippen LogP contribution in [0.25, 0.3) is 0 Å². The van der Waals surface area contributed by atoms with Crippen molar-refractivity contribution >= 4 is 23.3 Å². The van der Waals surface area contributed by atoms with Crippen LogP contribution in [-0.2, 0) is 6.54 Å². The molecule has 138 valence electrons. The molecule has 4 rings (SSSR count). The van der Waals surface area contributed by atoms with Crippen molar-refractivity contribution in [3.05, 3.63) is 35.3 Å². The Kier molecular flexibility index (Phi) is 4.24. The minimum absolute atomic E-state index is 0.0719. The van der Waals surface area contributed by atoms with Crippen LogP contribution in [0.2, 0.25) is 0 Å². The van der Waals surface area contributed by atoms with Crippen LogP contribution in [0.1, 0.15) is 58.1 Å². The van der Waals surface area contributed by atoms with Crippen LogP contribution in [0.3, 0.4) is 0 Å². The number of carbonyl (C=O) groups is 2. The van der Waals surface area contributed by atoms with Gasteiger partial charge in [-0.3, -0.25) is 14.3 Å². The van der Waals surface area contributed by atoms with E-state index in [2.05, 4.69) is 26.8 Å². The molecule has 2 aromatic rings. The third-order valence-corrected chi connectivity index (χ3v) is 5.12. The number of nitrogens with one attached hydrogen (secondary N) is 2. The van der Waals surface area contributed by atoms with Crippen LogP contribution in [0.15, 0.2) is 18.5 Å². The Balaban J connectivity index is 1.64. The van der Waals surface area contributed by atoms with E-state index >= 15 is 0 Å². The Morgan fingerprint density at radius 3 is 3.00 bits per heavy atom. The number of amides is 2. The fourth-order valence-corrected chi connectivity index (χ4v) is 3.73. The van der Waals surface area contributed by atoms with Crippen LogP contribution in [0.4, 0.5) is 11.5 Å². The Hall–Kier alpha value is -3.41. The number of hydrogen-bond acceptors (Lipinski definition) is 6. The maximum absolute atomic E-state index is 11.9. The third kappa shape index (κ3) is 3.10. The van der Waals surface area contributed by atoms with Gasteiger partial charge in [-0.25, -0.2) is 4.98 Å². The zero-order chi connectivity index (χ0) is 19.0. The van der Waals surface area contributed by atoms with Crippen molar-refractivity contribution in [1.29, 1.82) is 5.26 Å². The van der Waals surface area contributed by atoms with E-state index in [1.54, 1.807) is 16.9 Å². The predicted octanol–water partition coefficient (Wildman–Crippen LogP) is 1.62. The minimum Gasteiger partial charge on any atom is -0.365 e. The van der Waals surface area contributed by atoms with Gasteiger partial charge in [-0.1, -0.05) is 12.8 Å². The van der Waals surface area contributed by atoms with E-state index in [9.17, 15) is 14.9 Å². The molecule has 9 heteroatoms. The normalized spacial score (nSPS) is 21.2. The maximum Gasteiger partial charge on any atom is 0.270 e. The van der Waals surface area contributed by atoms with E-state index in [4.69, 9.17) is 5.73 Å². The van der Waals surface area contributed by atoms with Crippen molar-refractivity contribution in [2.24, 2.45) is 11.7 Å². The number of rotatable bonds is 4. The number of carbonyl (C=O) groups excluding carboxylic acids is 2. The summed E-state index contributed by atoms with van der Waals surface area (Å²) < 4.78 is 1.68. The van der Waals surface area contributed by atoms with Crippen molar-refractivity contribution < 1.29 is 9.59 Å². The van der Waals surface area contributed by atoms with Crippen LogP contribution in [-0.4, -0.2) is 26.6 Å². The molecule has 2 aliphatic rings. The summed E-state index contributed by atoms with van der Waals surface area (Å²) in [5, 5.41) is 19.7. The molecule has 0 spiro atoms. The van der Waals surface area contributed by atoms with E-state index in [1.807, 2.05) is 0 Å². The average molecular weight is 365 g/mol. The summed E-state index contributed by atoms with van der Waals surface area (Å²) in [6.07, 6.45) is 6.84. The molecule has 3 heterocycles. The van der Waals surface area contributed by atoms with Gasteiger partial charge in [0.25, 0.3) is 11.8 Å². The molecule has 4 N–H and O–H groups in total. The first-order valence-corrected chi connectivity index (χ1v) is 8.89. The lowest BCUT2D eigenvalue weighted by molar-refractivity contribution is 0.0960. The van der Waals surface area contributed by atoms with Gasteiger partial charge < -0.3 is 16.4 Å². The van der Waals surface area contributed by atoms with Gasteiger partial charge in [0.05, 0.1) is 29.9 Å². The van der Waals surface area contributed by atoms with Gasteiger partial charge in [0, 0.05) is 18.3 Å². The molecule has 0 radical (unpaired) electrons. The molecule has 27 heavy (non-hydrogen) atoms. The van der Waals surface area contributed by atoms with Gasteiger partial charge in [-0.15, -0.1) is 0 Å². The number of nitrogens with two attached hydrogens (primary N) is 1. The average Bonchev–Trinajstić information content (AvgIpc) is 3.25. The lowest BCUT2D eigenvalue weighted by Crippen LogP contribution is -2.22. The molecular formula is C18H19N7O2. The van der Waals surface area contributed by atoms with Gasteiger partial charge in [0.2, 0.25) is 0 Å². The Morgan fingerprint density at radius 2 is 2.22 bits per heavy atom. The van der Waals surface area contributed by atoms with Gasteiger partial charge in [-0.2, -0.15) is 10.4 Å². The van der Waals surface area contributed by atoms with Crippen molar-refractivity contribution in [2.75, 3.05) is 5.32 Å². The zero-order valence-electron chi connectivity index (χ0n) is 14.6. The molecule has 9 nitrogen and oxygen atoms in total. The first-order chi connectivity index (χ1) is 13.1. The molecule has 2 unspecified atom stereocenters. The number of hydrogen-bond donors (Lipinski definition) is 3. The van der Waals surface area contributed by atoms with Crippen molar-refractivity contribution in [1.82, 2.24) is 20.1 Å². The van der Waals surface area contributed by atoms with E-state index in [0.717, 1.165) is 31.2 Å². The highest BCUT2D eigenvalue weighted by Crippen LogP contribution is 2.34. The molecule has 0 bridgehead atoms. The second-order valence-electron chi connectivity index (χ2n) is 6.86. The second-order valence-corrected chi connectivity index (χ2v) is 6.86. The van der Waals surface area contributed by atoms with E-state index in [-0.39, 0.29) is 23.4 Å². The molecule has 2 aromatic heterocycles. The summed E-state index contributed by atoms with van der Waals surface area (Å²) in [7, 11) is 0. The number of anilines is 2. The first kappa shape index (κ1) is 17.0. The van der Waals surface area contributed by atoms with E-state index in [0.29, 0.717) is 23.7 Å². The van der Waals surface area contributed by atoms with Crippen LogP contribution >= 0.6 is 0 Å². The highest BCUT2D eigenvalue weighted by Gasteiger charge is 2.29. The maximum atomic E-state index is 11.9. The smallest absolute Gasteiger partial charge is 0.270 e. The number of primary amides is 1. The largest absolute Gasteiger partial charge is 0.365 e. The highest BCUT2D eigenvalue weighted by molar-refractivity contribution is 5.98. The Morgan fingerprint density at radius 1 is 1.41 bits per heavy atom. The standard InChI is InChI=1S/C18H19N7O2/c19-6-10-3-1-2-4-14(10)25-9-13(16(20)26)17(24-25)23-12-5-11-7-22-18(27)15(11)21-8-12/h5,8-10,14H,1-4,7H2,(H2,20,26)(H,22,27)(H,23,24). The van der Waals surface area contributed by atoms with Crippen LogP contribution in [0.5, 0.6) is 0 Å². The minimum atomic E-state index is -0.598. The van der Waals surface area contributed by atoms with Gasteiger partial charge in [-0.05, 0) is 18.9 Å². The first-order valence-electron chi connectivity index (χ1n) is 8.89. The Bertz CT molecular complexity index is 959. The SMILES string of the molecule is N#CC1CCCCC1n1cc(C(N)=O)c(Nc2cnc3c(c2)CNC3=O)n1. The number of nitriles is 1. The van der Waals surface area contributed by atoms with Gasteiger partial charge in [0.1, 0.15) is 11.3 Å². The number of nitrogens with zero attached hydrogens (tertiary/aromatic N) is 4. The fourth-order valence-electron chi connectivity index (χ4n) is 3.73. The lowest BCUT2D eigenvalue weighted by Gasteiger charge is -2.26. The number of fused-ring (bicyclic) bond motifs is 1. The summed E-state index contributed by atoms with van der Waals surface area (Å²) >= 11 is 0. The van der Waals surface area contributed by atoms with E-state index < -0.39 is 5.91 Å². The molecule has 0 saturated heterocycles. The van der Waals surface area contributed by atoms with Crippen LogP contribution in [0, 0.1) is 17.2 Å². The summed E-state index contributed by atoms with van der Waals surface area (Å²) in [5.41, 5.74) is 7.57. The summed E-state index contributed by atoms with van der Waals surface area (Å²) in [6, 6.07) is 4.07. The van der Waals surface area contributed by atoms with Crippen molar-refractivity contribution in [2.45, 2.75) is 38.3 Å². The quantitative estimate of drug-likeness (QED) is 0.752. The second kappa shape index (κ2) is 6.72. The van der Waals surface area contributed by atoms with Crippen molar-refractivity contribution in [3.8, 4) is 6.07 Å². The monoisotopic (exact) mass is 365 g/mol. The molecule has 2 atom stereocenters. The predicted molar refractivity (Wildman–Crippen MR) is 96.0 cm³/mol. The van der Waals surface area contributed by atoms with Crippen molar-refractivity contribution in [3.63, 3.8) is 0 Å². The summed E-state index contributed by atoms with van der Waals surface area (Å²) in [4.78, 5) is 27.7. The molecule has 1 aliphatic carbocycles.